The van der Waals surface area contributed by atoms with Gasteiger partial charge in [0.15, 0.2) is 0 Å². The Morgan fingerprint density at radius 1 is 1.07 bits per heavy atom. The van der Waals surface area contributed by atoms with E-state index >= 15 is 0 Å². The number of amides is 2. The molecule has 0 bridgehead atoms. The van der Waals surface area contributed by atoms with Crippen molar-refractivity contribution in [1.82, 2.24) is 10.2 Å². The second-order valence-electron chi connectivity index (χ2n) is 6.44. The van der Waals surface area contributed by atoms with E-state index in [1.165, 1.54) is 11.6 Å². The molecule has 2 rings (SSSR count). The zero-order valence-corrected chi connectivity index (χ0v) is 17.4. The van der Waals surface area contributed by atoms with E-state index in [2.05, 4.69) is 24.4 Å². The van der Waals surface area contributed by atoms with E-state index in [0.717, 1.165) is 12.0 Å². The van der Waals surface area contributed by atoms with Crippen LogP contribution in [0.1, 0.15) is 34.8 Å². The summed E-state index contributed by atoms with van der Waals surface area (Å²) >= 11 is 11.8. The highest BCUT2D eigenvalue weighted by Gasteiger charge is 2.16. The fourth-order valence-electron chi connectivity index (χ4n) is 2.75. The normalized spacial score (nSPS) is 10.6. The molecule has 0 aromatic heterocycles. The molecule has 3 N–H and O–H groups in total. The van der Waals surface area contributed by atoms with Crippen LogP contribution in [0.3, 0.4) is 0 Å². The minimum Gasteiger partial charge on any atom is -0.343 e. The van der Waals surface area contributed by atoms with Crippen LogP contribution in [0.25, 0.3) is 0 Å². The molecule has 7 heteroatoms. The molecule has 0 radical (unpaired) electrons. The zero-order chi connectivity index (χ0) is 20.5. The van der Waals surface area contributed by atoms with Crippen molar-refractivity contribution < 1.29 is 9.59 Å². The topological polar surface area (TPSA) is 75.4 Å². The van der Waals surface area contributed by atoms with Crippen LogP contribution in [0.5, 0.6) is 0 Å². The Balaban J connectivity index is 2.01. The molecule has 0 saturated heterocycles. The van der Waals surface area contributed by atoms with Crippen molar-refractivity contribution in [1.29, 1.82) is 0 Å². The standard InChI is InChI=1S/C21H25Cl2N3O2/c1-2-15-5-3-6-16(11-15)14-26(10-4-9-24)20(27)13-25-21(28)17-7-8-18(22)19(23)12-17/h3,5-8,11-12H,2,4,9-10,13-14,24H2,1H3,(H,25,28). The highest BCUT2D eigenvalue weighted by Crippen LogP contribution is 2.22. The number of halogens is 2. The van der Waals surface area contributed by atoms with Gasteiger partial charge in [-0.3, -0.25) is 9.59 Å². The van der Waals surface area contributed by atoms with E-state index in [4.69, 9.17) is 28.9 Å². The molecule has 0 fully saturated rings. The third kappa shape index (κ3) is 6.51. The first kappa shape index (κ1) is 22.2. The molecule has 2 amide bonds. The van der Waals surface area contributed by atoms with Crippen LogP contribution in [0.4, 0.5) is 0 Å². The van der Waals surface area contributed by atoms with E-state index in [0.29, 0.717) is 41.7 Å². The molecule has 150 valence electrons. The van der Waals surface area contributed by atoms with Crippen LogP contribution >= 0.6 is 23.2 Å². The molecular weight excluding hydrogens is 397 g/mol. The lowest BCUT2D eigenvalue weighted by atomic mass is 10.1. The molecule has 2 aromatic carbocycles. The minimum absolute atomic E-state index is 0.100. The number of nitrogens with one attached hydrogen (secondary N) is 1. The molecule has 0 saturated carbocycles. The molecule has 28 heavy (non-hydrogen) atoms. The lowest BCUT2D eigenvalue weighted by Gasteiger charge is -2.23. The van der Waals surface area contributed by atoms with Crippen molar-refractivity contribution in [3.05, 3.63) is 69.2 Å². The van der Waals surface area contributed by atoms with Gasteiger partial charge in [0.1, 0.15) is 0 Å². The number of carbonyl (C=O) groups is 2. The molecule has 0 aliphatic carbocycles. The van der Waals surface area contributed by atoms with Gasteiger partial charge < -0.3 is 16.0 Å². The Hall–Kier alpha value is -2.08. The quantitative estimate of drug-likeness (QED) is 0.648. The number of carbonyl (C=O) groups excluding carboxylic acids is 2. The molecule has 5 nitrogen and oxygen atoms in total. The Bertz CT molecular complexity index is 827. The first-order chi connectivity index (χ1) is 13.4. The maximum atomic E-state index is 12.7. The van der Waals surface area contributed by atoms with Crippen molar-refractivity contribution >= 4 is 35.0 Å². The largest absolute Gasteiger partial charge is 0.343 e. The molecule has 0 spiro atoms. The summed E-state index contributed by atoms with van der Waals surface area (Å²) in [5, 5.41) is 3.31. The van der Waals surface area contributed by atoms with Crippen LogP contribution in [-0.2, 0) is 17.8 Å². The van der Waals surface area contributed by atoms with Gasteiger partial charge in [-0.05, 0) is 48.7 Å². The summed E-state index contributed by atoms with van der Waals surface area (Å²) in [6.07, 6.45) is 1.63. The highest BCUT2D eigenvalue weighted by atomic mass is 35.5. The SMILES string of the molecule is CCc1cccc(CN(CCCN)C(=O)CNC(=O)c2ccc(Cl)c(Cl)c2)c1. The van der Waals surface area contributed by atoms with Gasteiger partial charge in [-0.25, -0.2) is 0 Å². The summed E-state index contributed by atoms with van der Waals surface area (Å²) in [5.41, 5.74) is 8.24. The van der Waals surface area contributed by atoms with Gasteiger partial charge in [-0.15, -0.1) is 0 Å². The van der Waals surface area contributed by atoms with Gasteiger partial charge in [-0.2, -0.15) is 0 Å². The molecule has 0 unspecified atom stereocenters. The first-order valence-corrected chi connectivity index (χ1v) is 9.99. The van der Waals surface area contributed by atoms with Crippen LogP contribution in [0.15, 0.2) is 42.5 Å². The van der Waals surface area contributed by atoms with Crippen molar-refractivity contribution in [3.8, 4) is 0 Å². The molecule has 0 aliphatic rings. The lowest BCUT2D eigenvalue weighted by Crippen LogP contribution is -2.40. The Labute approximate surface area is 175 Å². The Kier molecular flexibility index (Phi) is 8.77. The van der Waals surface area contributed by atoms with Gasteiger partial charge in [0.25, 0.3) is 5.91 Å². The zero-order valence-electron chi connectivity index (χ0n) is 15.9. The number of benzene rings is 2. The van der Waals surface area contributed by atoms with Gasteiger partial charge in [0.2, 0.25) is 5.91 Å². The molecule has 0 heterocycles. The summed E-state index contributed by atoms with van der Waals surface area (Å²) < 4.78 is 0. The van der Waals surface area contributed by atoms with E-state index < -0.39 is 0 Å². The van der Waals surface area contributed by atoms with Crippen molar-refractivity contribution in [2.45, 2.75) is 26.3 Å². The molecular formula is C21H25Cl2N3O2. The van der Waals surface area contributed by atoms with Crippen LogP contribution in [-0.4, -0.2) is 36.3 Å². The monoisotopic (exact) mass is 421 g/mol. The minimum atomic E-state index is -0.376. The van der Waals surface area contributed by atoms with E-state index in [1.807, 2.05) is 12.1 Å². The van der Waals surface area contributed by atoms with E-state index in [9.17, 15) is 9.59 Å². The van der Waals surface area contributed by atoms with Crippen molar-refractivity contribution in [2.75, 3.05) is 19.6 Å². The fourth-order valence-corrected chi connectivity index (χ4v) is 3.05. The molecule has 2 aromatic rings. The van der Waals surface area contributed by atoms with Gasteiger partial charge >= 0.3 is 0 Å². The van der Waals surface area contributed by atoms with Crippen molar-refractivity contribution in [3.63, 3.8) is 0 Å². The summed E-state index contributed by atoms with van der Waals surface area (Å²) in [4.78, 5) is 26.7. The smallest absolute Gasteiger partial charge is 0.251 e. The highest BCUT2D eigenvalue weighted by molar-refractivity contribution is 6.42. The summed E-state index contributed by atoms with van der Waals surface area (Å²) in [6.45, 7) is 3.50. The number of hydrogen-bond acceptors (Lipinski definition) is 3. The average Bonchev–Trinajstić information content (AvgIpc) is 2.71. The Morgan fingerprint density at radius 3 is 2.50 bits per heavy atom. The number of aryl methyl sites for hydroxylation is 1. The van der Waals surface area contributed by atoms with Crippen molar-refractivity contribution in [2.24, 2.45) is 5.73 Å². The molecule has 0 aliphatic heterocycles. The third-order valence-corrected chi connectivity index (χ3v) is 5.08. The van der Waals surface area contributed by atoms with E-state index in [1.54, 1.807) is 17.0 Å². The van der Waals surface area contributed by atoms with Gasteiger partial charge in [0.05, 0.1) is 16.6 Å². The predicted molar refractivity (Wildman–Crippen MR) is 114 cm³/mol. The number of nitrogens with zero attached hydrogens (tertiary/aromatic N) is 1. The summed E-state index contributed by atoms with van der Waals surface area (Å²) in [6, 6.07) is 12.7. The van der Waals surface area contributed by atoms with Crippen LogP contribution < -0.4 is 11.1 Å². The summed E-state index contributed by atoms with van der Waals surface area (Å²) in [5.74, 6) is -0.539. The van der Waals surface area contributed by atoms with Gasteiger partial charge in [-0.1, -0.05) is 54.4 Å². The van der Waals surface area contributed by atoms with Crippen LogP contribution in [0, 0.1) is 0 Å². The maximum Gasteiger partial charge on any atom is 0.251 e. The maximum absolute atomic E-state index is 12.7. The predicted octanol–water partition coefficient (Wildman–Crippen LogP) is 3.66. The van der Waals surface area contributed by atoms with E-state index in [-0.39, 0.29) is 18.4 Å². The van der Waals surface area contributed by atoms with Crippen LogP contribution in [0.2, 0.25) is 10.0 Å². The number of nitrogens with two attached hydrogens (primary N) is 1. The third-order valence-electron chi connectivity index (χ3n) is 4.34. The second kappa shape index (κ2) is 11.1. The summed E-state index contributed by atoms with van der Waals surface area (Å²) in [7, 11) is 0. The fraction of sp³-hybridized carbons (Fsp3) is 0.333. The molecule has 0 atom stereocenters. The number of hydrogen-bond donors (Lipinski definition) is 2. The average molecular weight is 422 g/mol. The lowest BCUT2D eigenvalue weighted by molar-refractivity contribution is -0.130. The first-order valence-electron chi connectivity index (χ1n) is 9.23. The number of rotatable bonds is 9. The van der Waals surface area contributed by atoms with Gasteiger partial charge in [0, 0.05) is 18.7 Å². The Morgan fingerprint density at radius 2 is 1.82 bits per heavy atom. The second-order valence-corrected chi connectivity index (χ2v) is 7.26.